The van der Waals surface area contributed by atoms with Crippen molar-refractivity contribution in [2.75, 3.05) is 13.2 Å². The molecule has 180 valence electrons. The molecule has 5 aliphatic rings. The summed E-state index contributed by atoms with van der Waals surface area (Å²) in [5, 5.41) is 11.3. The minimum Gasteiger partial charge on any atom is -0.462 e. The maximum Gasteiger partial charge on any atom is 0.302 e. The first-order chi connectivity index (χ1) is 15.2. The first kappa shape index (κ1) is 22.9. The molecule has 0 amide bonds. The Bertz CT molecular complexity index is 757. The minimum absolute atomic E-state index is 0.0517. The zero-order valence-corrected chi connectivity index (χ0v) is 20.3. The molecule has 4 aliphatic carbocycles. The molecule has 3 saturated carbocycles. The Morgan fingerprint density at radius 3 is 2.69 bits per heavy atom. The standard InChI is InChI=1S/C27H42O5/c1-16(13-24-30-11-12-31-24)25-23(29)15-22-20-6-5-18-14-19(32-17(2)28)7-9-26(18,3)21(20)8-10-27(22,25)4/h5,16,19-25,29H,6-15H2,1-4H3/t16-,19+,20-,21+,22+,23?,25?,26+,27+/m1/s1. The fourth-order valence-electron chi connectivity index (χ4n) is 9.04. The lowest BCUT2D eigenvalue weighted by molar-refractivity contribution is -0.148. The van der Waals surface area contributed by atoms with E-state index in [1.165, 1.54) is 25.3 Å². The molecule has 9 atom stereocenters. The molecule has 0 radical (unpaired) electrons. The predicted octanol–water partition coefficient (Wildman–Crippen LogP) is 4.87. The molecule has 0 aromatic heterocycles. The van der Waals surface area contributed by atoms with E-state index in [2.05, 4.69) is 26.8 Å². The van der Waals surface area contributed by atoms with Gasteiger partial charge in [-0.3, -0.25) is 4.79 Å². The quantitative estimate of drug-likeness (QED) is 0.493. The summed E-state index contributed by atoms with van der Waals surface area (Å²) in [6, 6.07) is 0. The molecule has 0 bridgehead atoms. The Hall–Kier alpha value is -0.910. The Balaban J connectivity index is 1.35. The summed E-state index contributed by atoms with van der Waals surface area (Å²) in [7, 11) is 0. The third-order valence-electron chi connectivity index (χ3n) is 10.4. The molecule has 0 aromatic rings. The molecule has 5 heteroatoms. The molecule has 32 heavy (non-hydrogen) atoms. The highest BCUT2D eigenvalue weighted by molar-refractivity contribution is 5.66. The van der Waals surface area contributed by atoms with E-state index in [9.17, 15) is 9.90 Å². The molecule has 1 aliphatic heterocycles. The van der Waals surface area contributed by atoms with Crippen LogP contribution in [0.1, 0.15) is 79.1 Å². The number of allylic oxidation sites excluding steroid dienone is 1. The van der Waals surface area contributed by atoms with Crippen LogP contribution in [0.3, 0.4) is 0 Å². The van der Waals surface area contributed by atoms with Gasteiger partial charge in [-0.05, 0) is 78.9 Å². The second kappa shape index (κ2) is 8.39. The van der Waals surface area contributed by atoms with Gasteiger partial charge in [-0.2, -0.15) is 0 Å². The van der Waals surface area contributed by atoms with Gasteiger partial charge in [-0.25, -0.2) is 0 Å². The lowest BCUT2D eigenvalue weighted by Crippen LogP contribution is -2.51. The van der Waals surface area contributed by atoms with Crippen molar-refractivity contribution >= 4 is 5.97 Å². The van der Waals surface area contributed by atoms with Crippen LogP contribution in [-0.4, -0.2) is 42.8 Å². The molecule has 4 fully saturated rings. The molecule has 0 aromatic carbocycles. The number of fused-ring (bicyclic) bond motifs is 5. The lowest BCUT2D eigenvalue weighted by atomic mass is 9.47. The van der Waals surface area contributed by atoms with Gasteiger partial charge in [0.15, 0.2) is 6.29 Å². The van der Waals surface area contributed by atoms with Crippen molar-refractivity contribution < 1.29 is 24.1 Å². The molecule has 1 heterocycles. The van der Waals surface area contributed by atoms with Gasteiger partial charge in [0.05, 0.1) is 19.3 Å². The highest BCUT2D eigenvalue weighted by Gasteiger charge is 2.61. The zero-order chi connectivity index (χ0) is 22.7. The Morgan fingerprint density at radius 2 is 1.97 bits per heavy atom. The smallest absolute Gasteiger partial charge is 0.302 e. The average Bonchev–Trinajstić information content (AvgIpc) is 3.32. The van der Waals surface area contributed by atoms with Gasteiger partial charge >= 0.3 is 5.97 Å². The van der Waals surface area contributed by atoms with E-state index in [4.69, 9.17) is 14.2 Å². The van der Waals surface area contributed by atoms with E-state index in [0.29, 0.717) is 42.8 Å². The summed E-state index contributed by atoms with van der Waals surface area (Å²) < 4.78 is 17.1. The average molecular weight is 447 g/mol. The van der Waals surface area contributed by atoms with E-state index in [-0.39, 0.29) is 35.3 Å². The molecule has 0 spiro atoms. The van der Waals surface area contributed by atoms with Crippen LogP contribution in [0.2, 0.25) is 0 Å². The summed E-state index contributed by atoms with van der Waals surface area (Å²) in [5.41, 5.74) is 1.94. The van der Waals surface area contributed by atoms with Gasteiger partial charge in [0.25, 0.3) is 0 Å². The van der Waals surface area contributed by atoms with Gasteiger partial charge < -0.3 is 19.3 Å². The molecule has 2 unspecified atom stereocenters. The van der Waals surface area contributed by atoms with Crippen LogP contribution < -0.4 is 0 Å². The Labute approximate surface area is 193 Å². The fourth-order valence-corrected chi connectivity index (χ4v) is 9.04. The fraction of sp³-hybridized carbons (Fsp3) is 0.889. The number of esters is 1. The number of rotatable bonds is 4. The van der Waals surface area contributed by atoms with E-state index in [0.717, 1.165) is 38.5 Å². The summed E-state index contributed by atoms with van der Waals surface area (Å²) in [6.07, 6.45) is 10.6. The van der Waals surface area contributed by atoms with E-state index in [1.807, 2.05) is 0 Å². The number of carbonyl (C=O) groups is 1. The molecule has 5 nitrogen and oxygen atoms in total. The van der Waals surface area contributed by atoms with Crippen molar-refractivity contribution in [1.82, 2.24) is 0 Å². The van der Waals surface area contributed by atoms with Crippen molar-refractivity contribution in [2.24, 2.45) is 40.4 Å². The number of ether oxygens (including phenoxy) is 3. The van der Waals surface area contributed by atoms with Gasteiger partial charge in [-0.15, -0.1) is 0 Å². The maximum atomic E-state index is 11.5. The largest absolute Gasteiger partial charge is 0.462 e. The number of aliphatic hydroxyl groups is 1. The van der Waals surface area contributed by atoms with E-state index >= 15 is 0 Å². The molecule has 5 rings (SSSR count). The van der Waals surface area contributed by atoms with Crippen molar-refractivity contribution in [3.05, 3.63) is 11.6 Å². The van der Waals surface area contributed by atoms with E-state index < -0.39 is 0 Å². The number of hydrogen-bond donors (Lipinski definition) is 1. The first-order valence-electron chi connectivity index (χ1n) is 13.0. The number of aliphatic hydroxyl groups excluding tert-OH is 1. The summed E-state index contributed by atoms with van der Waals surface area (Å²) in [5.74, 6) is 2.47. The predicted molar refractivity (Wildman–Crippen MR) is 122 cm³/mol. The molecule has 1 N–H and O–H groups in total. The second-order valence-corrected chi connectivity index (χ2v) is 12.0. The highest BCUT2D eigenvalue weighted by atomic mass is 16.7. The van der Waals surface area contributed by atoms with Crippen LogP contribution in [0, 0.1) is 40.4 Å². The minimum atomic E-state index is -0.224. The summed E-state index contributed by atoms with van der Waals surface area (Å²) in [6.45, 7) is 10.2. The van der Waals surface area contributed by atoms with Crippen molar-refractivity contribution in [3.63, 3.8) is 0 Å². The zero-order valence-electron chi connectivity index (χ0n) is 20.3. The van der Waals surface area contributed by atoms with Crippen LogP contribution in [0.25, 0.3) is 0 Å². The first-order valence-corrected chi connectivity index (χ1v) is 13.0. The van der Waals surface area contributed by atoms with Crippen LogP contribution >= 0.6 is 0 Å². The van der Waals surface area contributed by atoms with Gasteiger partial charge in [0, 0.05) is 19.8 Å². The molecular formula is C27H42O5. The lowest BCUT2D eigenvalue weighted by Gasteiger charge is -2.58. The van der Waals surface area contributed by atoms with E-state index in [1.54, 1.807) is 0 Å². The topological polar surface area (TPSA) is 65.0 Å². The normalized spacial score (nSPS) is 47.2. The van der Waals surface area contributed by atoms with Gasteiger partial charge in [-0.1, -0.05) is 32.4 Å². The SMILES string of the molecule is CC(=O)O[C@H]1CC[C@@]2(C)C(=CC[C@@H]3[C@@H]2CC[C@]2(C)C([C@H](C)CC4OCCO4)C(O)C[C@@H]32)C1. The monoisotopic (exact) mass is 446 g/mol. The van der Waals surface area contributed by atoms with Crippen LogP contribution in [0.4, 0.5) is 0 Å². The van der Waals surface area contributed by atoms with Crippen LogP contribution in [0.5, 0.6) is 0 Å². The summed E-state index contributed by atoms with van der Waals surface area (Å²) in [4.78, 5) is 11.5. The number of hydrogen-bond acceptors (Lipinski definition) is 5. The highest BCUT2D eigenvalue weighted by Crippen LogP contribution is 2.67. The Morgan fingerprint density at radius 1 is 1.22 bits per heavy atom. The maximum absolute atomic E-state index is 11.5. The van der Waals surface area contributed by atoms with Gasteiger partial charge in [0.2, 0.25) is 0 Å². The van der Waals surface area contributed by atoms with Crippen molar-refractivity contribution in [1.29, 1.82) is 0 Å². The van der Waals surface area contributed by atoms with Gasteiger partial charge in [0.1, 0.15) is 6.10 Å². The molecule has 1 saturated heterocycles. The molecular weight excluding hydrogens is 404 g/mol. The Kier molecular flexibility index (Phi) is 5.99. The van der Waals surface area contributed by atoms with Crippen LogP contribution in [0.15, 0.2) is 11.6 Å². The second-order valence-electron chi connectivity index (χ2n) is 12.0. The van der Waals surface area contributed by atoms with Crippen molar-refractivity contribution in [2.45, 2.75) is 97.6 Å². The van der Waals surface area contributed by atoms with Crippen molar-refractivity contribution in [3.8, 4) is 0 Å². The third kappa shape index (κ3) is 3.67. The summed E-state index contributed by atoms with van der Waals surface area (Å²) >= 11 is 0. The number of carbonyl (C=O) groups excluding carboxylic acids is 1. The van der Waals surface area contributed by atoms with Crippen LogP contribution in [-0.2, 0) is 19.0 Å². The third-order valence-corrected chi connectivity index (χ3v) is 10.4.